The molecule has 6 N–H and O–H groups in total. The zero-order valence-corrected chi connectivity index (χ0v) is 27.0. The number of carbonyl (C=O) groups excluding carboxylic acids is 3. The molecule has 4 rings (SSSR count). The minimum absolute atomic E-state index is 0.0476. The van der Waals surface area contributed by atoms with E-state index in [9.17, 15) is 27.6 Å². The molecule has 1 aliphatic rings. The summed E-state index contributed by atoms with van der Waals surface area (Å²) in [7, 11) is 0. The highest BCUT2D eigenvalue weighted by molar-refractivity contribution is 5.97. The van der Waals surface area contributed by atoms with Gasteiger partial charge in [-0.25, -0.2) is 0 Å². The molecule has 0 spiro atoms. The summed E-state index contributed by atoms with van der Waals surface area (Å²) in [5.41, 5.74) is 7.41. The molecule has 0 bridgehead atoms. The SMILES string of the molecule is CC(C)(C(=O)N1CCC(CC(=O)O)CC1)C(NC(=O)c1ccc(C(N)=[NH2+])cc1)c1cccc(OCc2ccccc2)c1.O=C([O-])C(F)(F)F. The lowest BCUT2D eigenvalue weighted by atomic mass is 9.78. The highest BCUT2D eigenvalue weighted by Crippen LogP contribution is 2.38. The van der Waals surface area contributed by atoms with Gasteiger partial charge in [0.1, 0.15) is 18.3 Å². The van der Waals surface area contributed by atoms with E-state index in [1.165, 1.54) is 0 Å². The summed E-state index contributed by atoms with van der Waals surface area (Å²) in [6.07, 6.45) is -3.84. The molecule has 3 aromatic rings. The number of nitrogens with one attached hydrogen (secondary N) is 1. The van der Waals surface area contributed by atoms with Gasteiger partial charge >= 0.3 is 12.1 Å². The Morgan fingerprint density at radius 3 is 2.08 bits per heavy atom. The van der Waals surface area contributed by atoms with Crippen molar-refractivity contribution in [2.45, 2.75) is 51.9 Å². The normalized spacial score (nSPS) is 14.1. The third-order valence-corrected chi connectivity index (χ3v) is 8.06. The first-order valence-corrected chi connectivity index (χ1v) is 15.3. The third kappa shape index (κ3) is 11.1. The molecule has 1 fully saturated rings. The predicted molar refractivity (Wildman–Crippen MR) is 170 cm³/mol. The van der Waals surface area contributed by atoms with Crippen LogP contribution in [0.5, 0.6) is 5.75 Å². The molecular weight excluding hydrogens is 645 g/mol. The van der Waals surface area contributed by atoms with Gasteiger partial charge in [-0.3, -0.25) is 25.5 Å². The van der Waals surface area contributed by atoms with Gasteiger partial charge in [0.15, 0.2) is 0 Å². The first-order valence-electron chi connectivity index (χ1n) is 15.3. The molecule has 1 aliphatic heterocycles. The van der Waals surface area contributed by atoms with E-state index >= 15 is 0 Å². The maximum absolute atomic E-state index is 14.0. The number of amides is 2. The van der Waals surface area contributed by atoms with Gasteiger partial charge in [-0.2, -0.15) is 13.2 Å². The lowest BCUT2D eigenvalue weighted by Crippen LogP contribution is -2.51. The van der Waals surface area contributed by atoms with Crippen LogP contribution in [0.25, 0.3) is 0 Å². The van der Waals surface area contributed by atoms with Crippen molar-refractivity contribution in [2.75, 3.05) is 13.1 Å². The number of aliphatic carboxylic acids is 2. The minimum atomic E-state index is -5.19. The van der Waals surface area contributed by atoms with Gasteiger partial charge < -0.3 is 30.0 Å². The number of ether oxygens (including phenoxy) is 1. The molecule has 1 saturated heterocycles. The average molecular weight is 685 g/mol. The number of hydrogen-bond donors (Lipinski definition) is 4. The maximum atomic E-state index is 14.0. The Labute approximate surface area is 281 Å². The maximum Gasteiger partial charge on any atom is 0.430 e. The number of nitrogens with two attached hydrogens (primary N) is 2. The van der Waals surface area contributed by atoms with E-state index in [2.05, 4.69) is 5.32 Å². The molecular formula is C35H39F3N4O7. The molecule has 0 aromatic heterocycles. The summed E-state index contributed by atoms with van der Waals surface area (Å²) in [5, 5.41) is 26.7. The second-order valence-corrected chi connectivity index (χ2v) is 12.1. The van der Waals surface area contributed by atoms with Crippen molar-refractivity contribution in [3.8, 4) is 5.75 Å². The number of likely N-dealkylation sites (tertiary alicyclic amines) is 1. The Kier molecular flexibility index (Phi) is 12.9. The number of nitrogens with zero attached hydrogens (tertiary/aromatic N) is 1. The van der Waals surface area contributed by atoms with Gasteiger partial charge in [0.05, 0.1) is 17.0 Å². The first-order chi connectivity index (χ1) is 23.0. The van der Waals surface area contributed by atoms with Crippen molar-refractivity contribution in [2.24, 2.45) is 17.1 Å². The summed E-state index contributed by atoms with van der Waals surface area (Å²) in [6, 6.07) is 23.2. The zero-order valence-electron chi connectivity index (χ0n) is 27.0. The van der Waals surface area contributed by atoms with E-state index in [0.717, 1.165) is 11.1 Å². The number of carbonyl (C=O) groups is 4. The van der Waals surface area contributed by atoms with Crippen LogP contribution in [0, 0.1) is 11.3 Å². The van der Waals surface area contributed by atoms with Crippen LogP contribution in [0.2, 0.25) is 0 Å². The Hall–Kier alpha value is -5.40. The number of rotatable bonds is 11. The summed E-state index contributed by atoms with van der Waals surface area (Å²) in [4.78, 5) is 49.2. The fourth-order valence-corrected chi connectivity index (χ4v) is 5.35. The molecule has 49 heavy (non-hydrogen) atoms. The molecule has 3 aromatic carbocycles. The van der Waals surface area contributed by atoms with Crippen LogP contribution in [-0.4, -0.2) is 58.9 Å². The monoisotopic (exact) mass is 684 g/mol. The van der Waals surface area contributed by atoms with Crippen LogP contribution in [0.3, 0.4) is 0 Å². The number of carboxylic acid groups (broad SMARTS) is 2. The lowest BCUT2D eigenvalue weighted by molar-refractivity contribution is -0.344. The zero-order chi connectivity index (χ0) is 36.4. The number of hydrogen-bond acceptors (Lipinski definition) is 6. The summed E-state index contributed by atoms with van der Waals surface area (Å²) < 4.78 is 37.6. The molecule has 2 amide bonds. The molecule has 1 unspecified atom stereocenters. The van der Waals surface area contributed by atoms with Crippen molar-refractivity contribution in [1.82, 2.24) is 10.2 Å². The van der Waals surface area contributed by atoms with E-state index in [0.29, 0.717) is 49.4 Å². The summed E-state index contributed by atoms with van der Waals surface area (Å²) >= 11 is 0. The standard InChI is InChI=1S/C33H38N4O5.C2HF3O2/c1-33(2,32(41)37-17-15-22(16-18-37)19-28(38)39)29(36-31(40)25-13-11-24(12-14-25)30(34)35)26-9-6-10-27(20-26)42-21-23-7-4-3-5-8-23;3-2(4,5)1(6)7/h3-14,20,22,29H,15-19,21H2,1-2H3,(H3,34,35)(H,36,40)(H,38,39);(H,6,7). The Bertz CT molecular complexity index is 1620. The van der Waals surface area contributed by atoms with Crippen LogP contribution >= 0.6 is 0 Å². The fraction of sp³-hybridized carbons (Fsp3) is 0.343. The van der Waals surface area contributed by atoms with Gasteiger partial charge in [-0.05, 0) is 80.1 Å². The predicted octanol–water partition coefficient (Wildman–Crippen LogP) is 2.24. The molecule has 1 atom stereocenters. The number of benzene rings is 3. The lowest BCUT2D eigenvalue weighted by Gasteiger charge is -2.40. The average Bonchev–Trinajstić information content (AvgIpc) is 3.06. The molecule has 14 heteroatoms. The molecule has 0 aliphatic carbocycles. The highest BCUT2D eigenvalue weighted by Gasteiger charge is 2.42. The number of halogens is 3. The van der Waals surface area contributed by atoms with Gasteiger partial charge in [-0.15, -0.1) is 0 Å². The van der Waals surface area contributed by atoms with Gasteiger partial charge in [-0.1, -0.05) is 42.5 Å². The number of alkyl halides is 3. The quantitative estimate of drug-likeness (QED) is 0.175. The Morgan fingerprint density at radius 2 is 1.55 bits per heavy atom. The van der Waals surface area contributed by atoms with Crippen molar-refractivity contribution in [1.29, 1.82) is 0 Å². The van der Waals surface area contributed by atoms with E-state index in [1.807, 2.05) is 68.4 Å². The van der Waals surface area contributed by atoms with Gasteiger partial charge in [0.25, 0.3) is 11.7 Å². The second-order valence-electron chi connectivity index (χ2n) is 12.1. The van der Waals surface area contributed by atoms with E-state index in [4.69, 9.17) is 30.9 Å². The molecule has 1 heterocycles. The van der Waals surface area contributed by atoms with Crippen LogP contribution < -0.4 is 26.3 Å². The summed E-state index contributed by atoms with van der Waals surface area (Å²) in [5.74, 6) is -3.47. The largest absolute Gasteiger partial charge is 0.542 e. The van der Waals surface area contributed by atoms with Crippen LogP contribution in [0.1, 0.15) is 66.2 Å². The third-order valence-electron chi connectivity index (χ3n) is 8.06. The molecule has 262 valence electrons. The summed E-state index contributed by atoms with van der Waals surface area (Å²) in [6.45, 7) is 4.98. The van der Waals surface area contributed by atoms with Crippen LogP contribution in [-0.2, 0) is 21.0 Å². The Morgan fingerprint density at radius 1 is 0.980 bits per heavy atom. The van der Waals surface area contributed by atoms with Crippen LogP contribution in [0.15, 0.2) is 78.9 Å². The Balaban J connectivity index is 0.000000838. The molecule has 11 nitrogen and oxygen atoms in total. The van der Waals surface area contributed by atoms with Crippen molar-refractivity contribution < 1.29 is 52.7 Å². The van der Waals surface area contributed by atoms with E-state index in [-0.39, 0.29) is 30.0 Å². The minimum Gasteiger partial charge on any atom is -0.542 e. The van der Waals surface area contributed by atoms with E-state index < -0.39 is 29.6 Å². The topological polar surface area (TPSA) is 188 Å². The molecule has 0 radical (unpaired) electrons. The van der Waals surface area contributed by atoms with Crippen molar-refractivity contribution in [3.63, 3.8) is 0 Å². The highest BCUT2D eigenvalue weighted by atomic mass is 19.4. The number of carboxylic acids is 2. The van der Waals surface area contributed by atoms with Gasteiger partial charge in [0, 0.05) is 25.1 Å². The van der Waals surface area contributed by atoms with Crippen molar-refractivity contribution >= 4 is 29.6 Å². The molecule has 0 saturated carbocycles. The fourth-order valence-electron chi connectivity index (χ4n) is 5.35. The van der Waals surface area contributed by atoms with E-state index in [1.54, 1.807) is 29.2 Å². The number of piperidine rings is 1. The van der Waals surface area contributed by atoms with Gasteiger partial charge in [0.2, 0.25) is 5.91 Å². The smallest absolute Gasteiger partial charge is 0.430 e. The second kappa shape index (κ2) is 16.6. The van der Waals surface area contributed by atoms with Crippen molar-refractivity contribution in [3.05, 3.63) is 101 Å². The van der Waals surface area contributed by atoms with Crippen LogP contribution in [0.4, 0.5) is 13.2 Å². The first kappa shape index (κ1) is 38.1. The number of amidine groups is 1.